The molecule has 2 N–H and O–H groups in total. The van der Waals surface area contributed by atoms with Gasteiger partial charge in [-0.25, -0.2) is 9.97 Å². The molecule has 4 aromatic rings. The van der Waals surface area contributed by atoms with E-state index in [9.17, 15) is 0 Å². The van der Waals surface area contributed by atoms with Crippen molar-refractivity contribution in [1.29, 1.82) is 0 Å². The second-order valence-corrected chi connectivity index (χ2v) is 7.34. The number of rotatable bonds is 4. The molecule has 4 rings (SSSR count). The van der Waals surface area contributed by atoms with E-state index in [1.807, 2.05) is 0 Å². The fourth-order valence-electron chi connectivity index (χ4n) is 3.28. The molecular formula is C19H20N4S. The predicted octanol–water partition coefficient (Wildman–Crippen LogP) is 4.75. The van der Waals surface area contributed by atoms with Gasteiger partial charge in [0.25, 0.3) is 0 Å². The molecule has 4 nitrogen and oxygen atoms in total. The number of benzene rings is 1. The lowest BCUT2D eigenvalue weighted by atomic mass is 10.1. The van der Waals surface area contributed by atoms with Gasteiger partial charge >= 0.3 is 0 Å². The number of hydrogen-bond donors (Lipinski definition) is 2. The van der Waals surface area contributed by atoms with Crippen LogP contribution in [0.1, 0.15) is 21.7 Å². The van der Waals surface area contributed by atoms with Crippen molar-refractivity contribution in [3.63, 3.8) is 0 Å². The molecule has 24 heavy (non-hydrogen) atoms. The predicted molar refractivity (Wildman–Crippen MR) is 102 cm³/mol. The van der Waals surface area contributed by atoms with E-state index >= 15 is 0 Å². The van der Waals surface area contributed by atoms with Gasteiger partial charge in [0.05, 0.1) is 5.39 Å². The molecule has 0 bridgehead atoms. The second kappa shape index (κ2) is 5.91. The molecule has 0 aliphatic heterocycles. The number of anilines is 1. The first kappa shape index (κ1) is 15.1. The summed E-state index contributed by atoms with van der Waals surface area (Å²) in [6.07, 6.45) is 2.61. The maximum Gasteiger partial charge on any atom is 0.138 e. The van der Waals surface area contributed by atoms with Gasteiger partial charge in [-0.15, -0.1) is 11.3 Å². The molecule has 1 aromatic carbocycles. The zero-order valence-corrected chi connectivity index (χ0v) is 14.9. The number of nitrogens with one attached hydrogen (secondary N) is 2. The highest BCUT2D eigenvalue weighted by molar-refractivity contribution is 7.18. The minimum atomic E-state index is 0.850. The van der Waals surface area contributed by atoms with Gasteiger partial charge < -0.3 is 10.3 Å². The molecule has 0 saturated carbocycles. The number of thiophene rings is 1. The van der Waals surface area contributed by atoms with Crippen LogP contribution < -0.4 is 5.32 Å². The van der Waals surface area contributed by atoms with Gasteiger partial charge in [0.1, 0.15) is 17.0 Å². The minimum absolute atomic E-state index is 0.850. The van der Waals surface area contributed by atoms with E-state index in [-0.39, 0.29) is 0 Å². The Kier molecular flexibility index (Phi) is 3.73. The Hall–Kier alpha value is -2.40. The van der Waals surface area contributed by atoms with Crippen LogP contribution >= 0.6 is 11.3 Å². The van der Waals surface area contributed by atoms with E-state index in [4.69, 9.17) is 0 Å². The van der Waals surface area contributed by atoms with Crippen molar-refractivity contribution in [2.75, 3.05) is 11.9 Å². The first-order valence-corrected chi connectivity index (χ1v) is 8.97. The summed E-state index contributed by atoms with van der Waals surface area (Å²) in [5.74, 6) is 0.944. The van der Waals surface area contributed by atoms with E-state index < -0.39 is 0 Å². The van der Waals surface area contributed by atoms with Crippen molar-refractivity contribution < 1.29 is 0 Å². The quantitative estimate of drug-likeness (QED) is 0.565. The summed E-state index contributed by atoms with van der Waals surface area (Å²) < 4.78 is 0. The maximum atomic E-state index is 4.46. The van der Waals surface area contributed by atoms with Gasteiger partial charge in [-0.05, 0) is 44.4 Å². The van der Waals surface area contributed by atoms with Crippen molar-refractivity contribution in [3.8, 4) is 0 Å². The molecule has 0 aliphatic rings. The number of nitrogens with zero attached hydrogens (tertiary/aromatic N) is 2. The van der Waals surface area contributed by atoms with Crippen LogP contribution in [0.2, 0.25) is 0 Å². The van der Waals surface area contributed by atoms with Crippen LogP contribution in [0, 0.1) is 20.8 Å². The first-order valence-electron chi connectivity index (χ1n) is 8.16. The van der Waals surface area contributed by atoms with Gasteiger partial charge in [0.15, 0.2) is 0 Å². The molecule has 0 atom stereocenters. The summed E-state index contributed by atoms with van der Waals surface area (Å²) in [5.41, 5.74) is 5.11. The molecule has 0 unspecified atom stereocenters. The van der Waals surface area contributed by atoms with E-state index in [1.165, 1.54) is 32.6 Å². The average molecular weight is 336 g/mol. The molecule has 0 saturated heterocycles. The van der Waals surface area contributed by atoms with Crippen molar-refractivity contribution in [3.05, 3.63) is 52.3 Å². The van der Waals surface area contributed by atoms with Crippen LogP contribution in [0.25, 0.3) is 21.1 Å². The normalized spacial score (nSPS) is 11.5. The third-order valence-electron chi connectivity index (χ3n) is 4.66. The Balaban J connectivity index is 1.59. The summed E-state index contributed by atoms with van der Waals surface area (Å²) in [4.78, 5) is 14.7. The lowest BCUT2D eigenvalue weighted by molar-refractivity contribution is 0.998. The molecule has 0 amide bonds. The molecule has 0 radical (unpaired) electrons. The highest BCUT2D eigenvalue weighted by Crippen LogP contribution is 2.32. The third kappa shape index (κ3) is 2.45. The Bertz CT molecular complexity index is 1030. The second-order valence-electron chi connectivity index (χ2n) is 6.14. The highest BCUT2D eigenvalue weighted by Gasteiger charge is 2.12. The zero-order chi connectivity index (χ0) is 16.7. The fraction of sp³-hybridized carbons (Fsp3) is 0.263. The van der Waals surface area contributed by atoms with Gasteiger partial charge in [0, 0.05) is 28.0 Å². The summed E-state index contributed by atoms with van der Waals surface area (Å²) in [6.45, 7) is 7.28. The van der Waals surface area contributed by atoms with Gasteiger partial charge in [-0.1, -0.05) is 18.2 Å². The standard InChI is InChI=1S/C19H20N4S/c1-11-13(3)24-19-17(11)18(21-10-22-19)20-9-8-14-12(2)23-16-7-5-4-6-15(14)16/h4-7,10,23H,8-9H2,1-3H3,(H,20,21,22). The summed E-state index contributed by atoms with van der Waals surface area (Å²) in [5, 5.41) is 5.99. The highest BCUT2D eigenvalue weighted by atomic mass is 32.1. The molecule has 5 heteroatoms. The van der Waals surface area contributed by atoms with Crippen molar-refractivity contribution in [2.24, 2.45) is 0 Å². The Morgan fingerprint density at radius 1 is 1.12 bits per heavy atom. The van der Waals surface area contributed by atoms with Gasteiger partial charge in [-0.2, -0.15) is 0 Å². The van der Waals surface area contributed by atoms with Crippen LogP contribution in [0.3, 0.4) is 0 Å². The summed E-state index contributed by atoms with van der Waals surface area (Å²) in [7, 11) is 0. The zero-order valence-electron chi connectivity index (χ0n) is 14.1. The Morgan fingerprint density at radius 2 is 1.96 bits per heavy atom. The average Bonchev–Trinajstić information content (AvgIpc) is 3.05. The molecule has 0 spiro atoms. The minimum Gasteiger partial charge on any atom is -0.369 e. The van der Waals surface area contributed by atoms with E-state index in [0.29, 0.717) is 0 Å². The lowest BCUT2D eigenvalue weighted by Gasteiger charge is -2.08. The molecule has 3 heterocycles. The molecule has 0 fully saturated rings. The summed E-state index contributed by atoms with van der Waals surface area (Å²) in [6, 6.07) is 8.48. The van der Waals surface area contributed by atoms with Crippen molar-refractivity contribution in [1.82, 2.24) is 15.0 Å². The molecule has 122 valence electrons. The molecular weight excluding hydrogens is 316 g/mol. The van der Waals surface area contributed by atoms with Gasteiger partial charge in [0.2, 0.25) is 0 Å². The number of aryl methyl sites for hydroxylation is 3. The first-order chi connectivity index (χ1) is 11.6. The number of aromatic amines is 1. The maximum absolute atomic E-state index is 4.46. The van der Waals surface area contributed by atoms with Crippen LogP contribution in [0.5, 0.6) is 0 Å². The smallest absolute Gasteiger partial charge is 0.138 e. The Labute approximate surface area is 145 Å². The number of H-pyrrole nitrogens is 1. The molecule has 3 aromatic heterocycles. The van der Waals surface area contributed by atoms with E-state index in [1.54, 1.807) is 17.7 Å². The number of aromatic nitrogens is 3. The van der Waals surface area contributed by atoms with Crippen LogP contribution in [-0.2, 0) is 6.42 Å². The van der Waals surface area contributed by atoms with E-state index in [0.717, 1.165) is 29.0 Å². The third-order valence-corrected chi connectivity index (χ3v) is 5.78. The van der Waals surface area contributed by atoms with E-state index in [2.05, 4.69) is 65.3 Å². The van der Waals surface area contributed by atoms with Crippen LogP contribution in [0.15, 0.2) is 30.6 Å². The van der Waals surface area contributed by atoms with Crippen LogP contribution in [-0.4, -0.2) is 21.5 Å². The van der Waals surface area contributed by atoms with Crippen molar-refractivity contribution >= 4 is 38.3 Å². The number of para-hydroxylation sites is 1. The lowest BCUT2D eigenvalue weighted by Crippen LogP contribution is -2.07. The molecule has 0 aliphatic carbocycles. The topological polar surface area (TPSA) is 53.6 Å². The SMILES string of the molecule is Cc1[nH]c2ccccc2c1CCNc1ncnc2sc(C)c(C)c12. The van der Waals surface area contributed by atoms with Gasteiger partial charge in [-0.3, -0.25) is 0 Å². The van der Waals surface area contributed by atoms with Crippen molar-refractivity contribution in [2.45, 2.75) is 27.2 Å². The number of fused-ring (bicyclic) bond motifs is 2. The largest absolute Gasteiger partial charge is 0.369 e. The monoisotopic (exact) mass is 336 g/mol. The Morgan fingerprint density at radius 3 is 2.83 bits per heavy atom. The summed E-state index contributed by atoms with van der Waals surface area (Å²) >= 11 is 1.73. The number of hydrogen-bond acceptors (Lipinski definition) is 4. The van der Waals surface area contributed by atoms with Crippen LogP contribution in [0.4, 0.5) is 5.82 Å². The fourth-order valence-corrected chi connectivity index (χ4v) is 4.28.